The van der Waals surface area contributed by atoms with Gasteiger partial charge in [0.2, 0.25) is 0 Å². The van der Waals surface area contributed by atoms with E-state index in [1.54, 1.807) is 6.08 Å². The summed E-state index contributed by atoms with van der Waals surface area (Å²) in [5.41, 5.74) is 0.262. The molecule has 4 nitrogen and oxygen atoms in total. The second-order valence-corrected chi connectivity index (χ2v) is 3.09. The van der Waals surface area contributed by atoms with Crippen molar-refractivity contribution in [1.29, 1.82) is 0 Å². The van der Waals surface area contributed by atoms with Crippen LogP contribution in [0.4, 0.5) is 0 Å². The number of carbonyl (C=O) groups is 2. The number of hydrogen-bond donors (Lipinski definition) is 1. The average molecular weight is 184 g/mol. The van der Waals surface area contributed by atoms with Crippen molar-refractivity contribution >= 4 is 11.9 Å². The third-order valence-electron chi connectivity index (χ3n) is 1.85. The lowest BCUT2D eigenvalue weighted by molar-refractivity contribution is -0.141. The fraction of sp³-hybridized carbons (Fsp3) is 0.556. The Morgan fingerprint density at radius 2 is 2.15 bits per heavy atom. The maximum atomic E-state index is 11.1. The van der Waals surface area contributed by atoms with Gasteiger partial charge in [0.1, 0.15) is 0 Å². The molecule has 1 saturated carbocycles. The lowest BCUT2D eigenvalue weighted by Gasteiger charge is -2.01. The standard InChI is InChI=1S/C9H12O4/c1-13-9(12)7(5-8(10)11)4-6-2-3-6/h4,6H,2-3,5H2,1H3,(H,10,11)/b7-4+. The molecule has 0 amide bonds. The number of carboxylic acids is 1. The largest absolute Gasteiger partial charge is 0.481 e. The molecule has 1 fully saturated rings. The number of ether oxygens (including phenoxy) is 1. The predicted molar refractivity (Wildman–Crippen MR) is 45.1 cm³/mol. The molecular weight excluding hydrogens is 172 g/mol. The predicted octanol–water partition coefficient (Wildman–Crippen LogP) is 0.970. The van der Waals surface area contributed by atoms with E-state index in [0.717, 1.165) is 12.8 Å². The van der Waals surface area contributed by atoms with Crippen molar-refractivity contribution in [3.8, 4) is 0 Å². The van der Waals surface area contributed by atoms with Crippen molar-refractivity contribution in [2.75, 3.05) is 7.11 Å². The zero-order valence-electron chi connectivity index (χ0n) is 7.45. The summed E-state index contributed by atoms with van der Waals surface area (Å²) in [6.45, 7) is 0. The summed E-state index contributed by atoms with van der Waals surface area (Å²) in [4.78, 5) is 21.4. The fourth-order valence-corrected chi connectivity index (χ4v) is 1.04. The molecule has 0 aromatic heterocycles. The fourth-order valence-electron chi connectivity index (χ4n) is 1.04. The van der Waals surface area contributed by atoms with Gasteiger partial charge in [-0.05, 0) is 18.8 Å². The van der Waals surface area contributed by atoms with E-state index in [1.807, 2.05) is 0 Å². The number of hydrogen-bond acceptors (Lipinski definition) is 3. The zero-order valence-corrected chi connectivity index (χ0v) is 7.45. The van der Waals surface area contributed by atoms with Crippen LogP contribution < -0.4 is 0 Å². The third-order valence-corrected chi connectivity index (χ3v) is 1.85. The van der Waals surface area contributed by atoms with Gasteiger partial charge in [-0.25, -0.2) is 4.79 Å². The van der Waals surface area contributed by atoms with Gasteiger partial charge in [-0.1, -0.05) is 6.08 Å². The second-order valence-electron chi connectivity index (χ2n) is 3.09. The molecule has 1 N–H and O–H groups in total. The highest BCUT2D eigenvalue weighted by Crippen LogP contribution is 2.32. The highest BCUT2D eigenvalue weighted by Gasteiger charge is 2.23. The van der Waals surface area contributed by atoms with Crippen LogP contribution in [0, 0.1) is 5.92 Å². The Kier molecular flexibility index (Phi) is 3.06. The molecule has 0 heterocycles. The Morgan fingerprint density at radius 1 is 1.54 bits per heavy atom. The lowest BCUT2D eigenvalue weighted by atomic mass is 10.1. The van der Waals surface area contributed by atoms with E-state index >= 15 is 0 Å². The summed E-state index contributed by atoms with van der Waals surface area (Å²) < 4.78 is 4.47. The third kappa shape index (κ3) is 3.27. The first kappa shape index (κ1) is 9.77. The van der Waals surface area contributed by atoms with E-state index in [-0.39, 0.29) is 12.0 Å². The molecular formula is C9H12O4. The number of rotatable bonds is 4. The van der Waals surface area contributed by atoms with Crippen LogP contribution >= 0.6 is 0 Å². The number of esters is 1. The van der Waals surface area contributed by atoms with E-state index < -0.39 is 11.9 Å². The molecule has 0 aromatic carbocycles. The molecule has 13 heavy (non-hydrogen) atoms. The summed E-state index contributed by atoms with van der Waals surface area (Å²) in [6.07, 6.45) is 3.54. The van der Waals surface area contributed by atoms with Gasteiger partial charge >= 0.3 is 11.9 Å². The number of aliphatic carboxylic acids is 1. The van der Waals surface area contributed by atoms with Crippen molar-refractivity contribution < 1.29 is 19.4 Å². The van der Waals surface area contributed by atoms with Gasteiger partial charge < -0.3 is 9.84 Å². The Balaban J connectivity index is 2.62. The smallest absolute Gasteiger partial charge is 0.334 e. The molecule has 1 aliphatic rings. The topological polar surface area (TPSA) is 63.6 Å². The highest BCUT2D eigenvalue weighted by atomic mass is 16.5. The second kappa shape index (κ2) is 4.07. The summed E-state index contributed by atoms with van der Waals surface area (Å²) in [6, 6.07) is 0. The van der Waals surface area contributed by atoms with Crippen molar-refractivity contribution in [3.63, 3.8) is 0 Å². The van der Waals surface area contributed by atoms with Gasteiger partial charge in [0.05, 0.1) is 13.5 Å². The Labute approximate surface area is 76.2 Å². The first-order valence-corrected chi connectivity index (χ1v) is 4.14. The van der Waals surface area contributed by atoms with Crippen LogP contribution in [-0.4, -0.2) is 24.2 Å². The molecule has 0 bridgehead atoms. The SMILES string of the molecule is COC(=O)/C(=C/C1CC1)CC(=O)O. The molecule has 4 heteroatoms. The first-order chi connectivity index (χ1) is 6.13. The molecule has 0 radical (unpaired) electrons. The molecule has 1 rings (SSSR count). The van der Waals surface area contributed by atoms with Crippen LogP contribution in [0.2, 0.25) is 0 Å². The number of allylic oxidation sites excluding steroid dienone is 1. The molecule has 0 atom stereocenters. The van der Waals surface area contributed by atoms with Gasteiger partial charge in [0.15, 0.2) is 0 Å². The van der Waals surface area contributed by atoms with E-state index in [1.165, 1.54) is 7.11 Å². The zero-order chi connectivity index (χ0) is 9.84. The van der Waals surface area contributed by atoms with Gasteiger partial charge in [0.25, 0.3) is 0 Å². The molecule has 0 spiro atoms. The molecule has 0 aliphatic heterocycles. The quantitative estimate of drug-likeness (QED) is 0.522. The molecule has 0 aromatic rings. The maximum absolute atomic E-state index is 11.1. The summed E-state index contributed by atoms with van der Waals surface area (Å²) in [5.74, 6) is -1.15. The molecule has 1 aliphatic carbocycles. The van der Waals surface area contributed by atoms with Gasteiger partial charge in [-0.2, -0.15) is 0 Å². The number of carbonyl (C=O) groups excluding carboxylic acids is 1. The normalized spacial score (nSPS) is 16.8. The minimum atomic E-state index is -1.00. The summed E-state index contributed by atoms with van der Waals surface area (Å²) in [5, 5.41) is 8.51. The molecule has 72 valence electrons. The van der Waals surface area contributed by atoms with Gasteiger partial charge in [-0.3, -0.25) is 4.79 Å². The minimum absolute atomic E-state index is 0.247. The van der Waals surface area contributed by atoms with Crippen LogP contribution in [0.25, 0.3) is 0 Å². The summed E-state index contributed by atoms with van der Waals surface area (Å²) in [7, 11) is 1.25. The van der Waals surface area contributed by atoms with Crippen molar-refractivity contribution in [1.82, 2.24) is 0 Å². The Morgan fingerprint density at radius 3 is 2.54 bits per heavy atom. The Bertz CT molecular complexity index is 250. The van der Waals surface area contributed by atoms with E-state index in [4.69, 9.17) is 5.11 Å². The van der Waals surface area contributed by atoms with Crippen LogP contribution in [0.15, 0.2) is 11.6 Å². The minimum Gasteiger partial charge on any atom is -0.481 e. The lowest BCUT2D eigenvalue weighted by Crippen LogP contribution is -2.09. The van der Waals surface area contributed by atoms with E-state index in [2.05, 4.69) is 4.74 Å². The molecule has 0 unspecified atom stereocenters. The monoisotopic (exact) mass is 184 g/mol. The Hall–Kier alpha value is -1.32. The number of carboxylic acid groups (broad SMARTS) is 1. The van der Waals surface area contributed by atoms with Crippen molar-refractivity contribution in [2.45, 2.75) is 19.3 Å². The highest BCUT2D eigenvalue weighted by molar-refractivity contribution is 5.93. The van der Waals surface area contributed by atoms with Crippen LogP contribution in [-0.2, 0) is 14.3 Å². The summed E-state index contributed by atoms with van der Waals surface area (Å²) >= 11 is 0. The van der Waals surface area contributed by atoms with E-state index in [0.29, 0.717) is 5.92 Å². The van der Waals surface area contributed by atoms with Crippen LogP contribution in [0.5, 0.6) is 0 Å². The van der Waals surface area contributed by atoms with Crippen molar-refractivity contribution in [3.05, 3.63) is 11.6 Å². The average Bonchev–Trinajstić information content (AvgIpc) is 2.85. The van der Waals surface area contributed by atoms with E-state index in [9.17, 15) is 9.59 Å². The first-order valence-electron chi connectivity index (χ1n) is 4.14. The van der Waals surface area contributed by atoms with Gasteiger partial charge in [0, 0.05) is 5.57 Å². The van der Waals surface area contributed by atoms with Gasteiger partial charge in [-0.15, -0.1) is 0 Å². The molecule has 0 saturated heterocycles. The van der Waals surface area contributed by atoms with Crippen LogP contribution in [0.3, 0.4) is 0 Å². The van der Waals surface area contributed by atoms with Crippen molar-refractivity contribution in [2.24, 2.45) is 5.92 Å². The van der Waals surface area contributed by atoms with Crippen LogP contribution in [0.1, 0.15) is 19.3 Å². The number of methoxy groups -OCH3 is 1. The maximum Gasteiger partial charge on any atom is 0.334 e.